The second kappa shape index (κ2) is 5.77. The standard InChI is InChI=1S/C13H18N2OS/c1-9(2)15(3)12(16)8-10-4-6-11(7-5-10)13(14)17/h4-7,9H,8H2,1-3H3,(H2,14,17). The maximum Gasteiger partial charge on any atom is 0.226 e. The minimum atomic E-state index is 0.114. The van der Waals surface area contributed by atoms with Crippen LogP contribution in [0.4, 0.5) is 0 Å². The van der Waals surface area contributed by atoms with Crippen LogP contribution in [0.5, 0.6) is 0 Å². The zero-order chi connectivity index (χ0) is 13.0. The van der Waals surface area contributed by atoms with Crippen molar-refractivity contribution in [3.63, 3.8) is 0 Å². The van der Waals surface area contributed by atoms with Crippen LogP contribution >= 0.6 is 12.2 Å². The summed E-state index contributed by atoms with van der Waals surface area (Å²) in [7, 11) is 1.82. The summed E-state index contributed by atoms with van der Waals surface area (Å²) in [6.45, 7) is 3.99. The molecule has 0 aliphatic carbocycles. The Morgan fingerprint density at radius 1 is 1.35 bits per heavy atom. The Hall–Kier alpha value is -1.42. The summed E-state index contributed by atoms with van der Waals surface area (Å²) < 4.78 is 0. The molecular formula is C13H18N2OS. The molecule has 1 amide bonds. The van der Waals surface area contributed by atoms with Crippen molar-refractivity contribution in [3.05, 3.63) is 35.4 Å². The van der Waals surface area contributed by atoms with E-state index in [0.29, 0.717) is 11.4 Å². The van der Waals surface area contributed by atoms with Crippen LogP contribution < -0.4 is 5.73 Å². The lowest BCUT2D eigenvalue weighted by molar-refractivity contribution is -0.130. The number of hydrogen-bond donors (Lipinski definition) is 1. The molecule has 0 radical (unpaired) electrons. The van der Waals surface area contributed by atoms with Gasteiger partial charge in [-0.3, -0.25) is 4.79 Å². The van der Waals surface area contributed by atoms with E-state index in [4.69, 9.17) is 18.0 Å². The van der Waals surface area contributed by atoms with Crippen LogP contribution in [0.1, 0.15) is 25.0 Å². The molecule has 0 aliphatic heterocycles. The zero-order valence-electron chi connectivity index (χ0n) is 10.4. The van der Waals surface area contributed by atoms with Gasteiger partial charge in [0, 0.05) is 18.7 Å². The van der Waals surface area contributed by atoms with Crippen LogP contribution in [0.3, 0.4) is 0 Å². The van der Waals surface area contributed by atoms with Crippen LogP contribution in [-0.4, -0.2) is 28.9 Å². The lowest BCUT2D eigenvalue weighted by atomic mass is 10.1. The van der Waals surface area contributed by atoms with Crippen LogP contribution in [-0.2, 0) is 11.2 Å². The molecule has 0 saturated heterocycles. The van der Waals surface area contributed by atoms with Gasteiger partial charge >= 0.3 is 0 Å². The molecule has 1 aromatic rings. The molecule has 0 spiro atoms. The highest BCUT2D eigenvalue weighted by atomic mass is 32.1. The summed E-state index contributed by atoms with van der Waals surface area (Å²) in [4.78, 5) is 14.0. The normalized spacial score (nSPS) is 10.4. The number of carbonyl (C=O) groups is 1. The number of thiocarbonyl (C=S) groups is 1. The van der Waals surface area contributed by atoms with Gasteiger partial charge in [0.15, 0.2) is 0 Å². The second-order valence-electron chi connectivity index (χ2n) is 4.34. The molecule has 0 bridgehead atoms. The number of likely N-dealkylation sites (N-methyl/N-ethyl adjacent to an activating group) is 1. The van der Waals surface area contributed by atoms with E-state index in [1.165, 1.54) is 0 Å². The molecule has 0 aromatic heterocycles. The van der Waals surface area contributed by atoms with Crippen molar-refractivity contribution in [3.8, 4) is 0 Å². The Morgan fingerprint density at radius 3 is 2.29 bits per heavy atom. The molecule has 0 saturated carbocycles. The molecule has 2 N–H and O–H groups in total. The van der Waals surface area contributed by atoms with Crippen LogP contribution in [0.2, 0.25) is 0 Å². The zero-order valence-corrected chi connectivity index (χ0v) is 11.3. The Bertz CT molecular complexity index is 412. The van der Waals surface area contributed by atoms with Gasteiger partial charge in [-0.15, -0.1) is 0 Å². The molecule has 0 unspecified atom stereocenters. The summed E-state index contributed by atoms with van der Waals surface area (Å²) in [5.74, 6) is 0.114. The summed E-state index contributed by atoms with van der Waals surface area (Å²) in [6.07, 6.45) is 0.409. The molecular weight excluding hydrogens is 232 g/mol. The maximum atomic E-state index is 11.8. The second-order valence-corrected chi connectivity index (χ2v) is 4.78. The van der Waals surface area contributed by atoms with Gasteiger partial charge in [-0.05, 0) is 19.4 Å². The van der Waals surface area contributed by atoms with Crippen molar-refractivity contribution in [2.45, 2.75) is 26.3 Å². The monoisotopic (exact) mass is 250 g/mol. The first-order valence-corrected chi connectivity index (χ1v) is 5.97. The van der Waals surface area contributed by atoms with E-state index < -0.39 is 0 Å². The minimum absolute atomic E-state index is 0.114. The van der Waals surface area contributed by atoms with Gasteiger partial charge in [0.25, 0.3) is 0 Å². The third-order valence-corrected chi connectivity index (χ3v) is 3.00. The quantitative estimate of drug-likeness (QED) is 0.828. The SMILES string of the molecule is CC(C)N(C)C(=O)Cc1ccc(C(N)=S)cc1. The summed E-state index contributed by atoms with van der Waals surface area (Å²) in [6, 6.07) is 7.69. The van der Waals surface area contributed by atoms with E-state index in [2.05, 4.69) is 0 Å². The third kappa shape index (κ3) is 3.82. The topological polar surface area (TPSA) is 46.3 Å². The molecule has 0 heterocycles. The fraction of sp³-hybridized carbons (Fsp3) is 0.385. The van der Waals surface area contributed by atoms with Gasteiger partial charge in [-0.1, -0.05) is 36.5 Å². The summed E-state index contributed by atoms with van der Waals surface area (Å²) in [5.41, 5.74) is 7.31. The molecule has 3 nitrogen and oxygen atoms in total. The predicted molar refractivity (Wildman–Crippen MR) is 73.9 cm³/mol. The molecule has 0 atom stereocenters. The first-order chi connectivity index (χ1) is 7.91. The highest BCUT2D eigenvalue weighted by molar-refractivity contribution is 7.80. The molecule has 0 aliphatic rings. The highest BCUT2D eigenvalue weighted by Gasteiger charge is 2.12. The van der Waals surface area contributed by atoms with Crippen molar-refractivity contribution < 1.29 is 4.79 Å². The van der Waals surface area contributed by atoms with Crippen molar-refractivity contribution in [2.75, 3.05) is 7.05 Å². The van der Waals surface area contributed by atoms with Crippen molar-refractivity contribution in [1.29, 1.82) is 0 Å². The van der Waals surface area contributed by atoms with Gasteiger partial charge in [0.2, 0.25) is 5.91 Å². The Kier molecular flexibility index (Phi) is 4.63. The minimum Gasteiger partial charge on any atom is -0.389 e. The predicted octanol–water partition coefficient (Wildman–Crippen LogP) is 1.73. The third-order valence-electron chi connectivity index (χ3n) is 2.76. The number of benzene rings is 1. The maximum absolute atomic E-state index is 11.8. The summed E-state index contributed by atoms with van der Waals surface area (Å²) >= 11 is 4.87. The Labute approximate surface area is 108 Å². The van der Waals surface area contributed by atoms with Crippen LogP contribution in [0.25, 0.3) is 0 Å². The first kappa shape index (κ1) is 13.6. The molecule has 0 fully saturated rings. The van der Waals surface area contributed by atoms with E-state index in [1.54, 1.807) is 4.90 Å². The van der Waals surface area contributed by atoms with Crippen LogP contribution in [0, 0.1) is 0 Å². The van der Waals surface area contributed by atoms with Gasteiger partial charge in [0.05, 0.1) is 6.42 Å². The average molecular weight is 250 g/mol. The fourth-order valence-electron chi connectivity index (χ4n) is 1.37. The smallest absolute Gasteiger partial charge is 0.226 e. The molecule has 1 rings (SSSR count). The largest absolute Gasteiger partial charge is 0.389 e. The van der Waals surface area contributed by atoms with Gasteiger partial charge < -0.3 is 10.6 Å². The van der Waals surface area contributed by atoms with Crippen molar-refractivity contribution >= 4 is 23.1 Å². The van der Waals surface area contributed by atoms with Crippen LogP contribution in [0.15, 0.2) is 24.3 Å². The van der Waals surface area contributed by atoms with Crippen molar-refractivity contribution in [2.24, 2.45) is 5.73 Å². The van der Waals surface area contributed by atoms with E-state index in [1.807, 2.05) is 45.2 Å². The van der Waals surface area contributed by atoms with Gasteiger partial charge in [-0.2, -0.15) is 0 Å². The van der Waals surface area contributed by atoms with Crippen molar-refractivity contribution in [1.82, 2.24) is 4.90 Å². The van der Waals surface area contributed by atoms with E-state index in [9.17, 15) is 4.79 Å². The van der Waals surface area contributed by atoms with Gasteiger partial charge in [-0.25, -0.2) is 0 Å². The summed E-state index contributed by atoms with van der Waals surface area (Å²) in [5, 5.41) is 0. The fourth-order valence-corrected chi connectivity index (χ4v) is 1.51. The lowest BCUT2D eigenvalue weighted by Gasteiger charge is -2.21. The number of nitrogens with two attached hydrogens (primary N) is 1. The first-order valence-electron chi connectivity index (χ1n) is 5.56. The van der Waals surface area contributed by atoms with Gasteiger partial charge in [0.1, 0.15) is 4.99 Å². The Balaban J connectivity index is 2.70. The molecule has 92 valence electrons. The number of hydrogen-bond acceptors (Lipinski definition) is 2. The molecule has 4 heteroatoms. The number of carbonyl (C=O) groups excluding carboxylic acids is 1. The number of amides is 1. The average Bonchev–Trinajstić information content (AvgIpc) is 2.28. The van der Waals surface area contributed by atoms with E-state index >= 15 is 0 Å². The lowest BCUT2D eigenvalue weighted by Crippen LogP contribution is -2.34. The Morgan fingerprint density at radius 2 is 1.88 bits per heavy atom. The van der Waals surface area contributed by atoms with E-state index in [-0.39, 0.29) is 11.9 Å². The number of rotatable bonds is 4. The number of nitrogens with zero attached hydrogens (tertiary/aromatic N) is 1. The van der Waals surface area contributed by atoms with E-state index in [0.717, 1.165) is 11.1 Å². The molecule has 17 heavy (non-hydrogen) atoms. The molecule has 1 aromatic carbocycles. The highest BCUT2D eigenvalue weighted by Crippen LogP contribution is 2.07.